The van der Waals surface area contributed by atoms with Crippen molar-refractivity contribution in [1.82, 2.24) is 15.0 Å². The van der Waals surface area contributed by atoms with Crippen molar-refractivity contribution in [1.29, 1.82) is 0 Å². The van der Waals surface area contributed by atoms with Crippen LogP contribution in [0.4, 0.5) is 23.1 Å². The van der Waals surface area contributed by atoms with E-state index in [1.165, 1.54) is 16.7 Å². The van der Waals surface area contributed by atoms with Crippen LogP contribution in [0.2, 0.25) is 0 Å². The van der Waals surface area contributed by atoms with Crippen LogP contribution in [0.25, 0.3) is 22.2 Å². The Morgan fingerprint density at radius 2 is 1.62 bits per heavy atom. The number of rotatable bonds is 5. The number of oxazole rings is 1. The standard InChI is InChI=1S/C28H25N5O4/c1-14-7-19(8-15(2)17(14)4)31-27-29-12-16(3)26(33-27)30-20-10-21(25-22(11-20)32-28(34)37-25)18-5-6-23-24(9-18)36-13-35-23/h5-12H,13H2,1-4H3,(H,32,34)(H2,29,30,31,33). The molecule has 0 atom stereocenters. The van der Waals surface area contributed by atoms with Crippen LogP contribution in [0, 0.1) is 27.7 Å². The van der Waals surface area contributed by atoms with Crippen molar-refractivity contribution in [3.8, 4) is 22.6 Å². The second-order valence-electron chi connectivity index (χ2n) is 9.19. The van der Waals surface area contributed by atoms with Gasteiger partial charge in [0.05, 0.1) is 5.52 Å². The van der Waals surface area contributed by atoms with Crippen molar-refractivity contribution < 1.29 is 13.9 Å². The first kappa shape index (κ1) is 22.7. The number of anilines is 4. The summed E-state index contributed by atoms with van der Waals surface area (Å²) in [6, 6.07) is 13.5. The average molecular weight is 496 g/mol. The summed E-state index contributed by atoms with van der Waals surface area (Å²) in [7, 11) is 0. The molecule has 0 fully saturated rings. The lowest BCUT2D eigenvalue weighted by Crippen LogP contribution is -2.03. The van der Waals surface area contributed by atoms with Gasteiger partial charge in [-0.1, -0.05) is 6.07 Å². The first-order chi connectivity index (χ1) is 17.8. The molecule has 3 N–H and O–H groups in total. The van der Waals surface area contributed by atoms with Gasteiger partial charge >= 0.3 is 5.76 Å². The number of ether oxygens (including phenoxy) is 2. The van der Waals surface area contributed by atoms with E-state index in [-0.39, 0.29) is 6.79 Å². The molecule has 3 aromatic carbocycles. The maximum Gasteiger partial charge on any atom is 0.417 e. The molecule has 0 spiro atoms. The van der Waals surface area contributed by atoms with Crippen molar-refractivity contribution in [2.45, 2.75) is 27.7 Å². The van der Waals surface area contributed by atoms with Crippen molar-refractivity contribution in [2.24, 2.45) is 0 Å². The molecule has 0 amide bonds. The minimum Gasteiger partial charge on any atom is -0.454 e. The SMILES string of the molecule is Cc1cnc(Nc2cc(C)c(C)c(C)c2)nc1Nc1cc(-c2ccc3c(c2)OCO3)c2oc(=O)[nH]c2c1. The highest BCUT2D eigenvalue weighted by Crippen LogP contribution is 2.39. The average Bonchev–Trinajstić information content (AvgIpc) is 3.49. The molecule has 2 aromatic heterocycles. The fourth-order valence-corrected chi connectivity index (χ4v) is 4.41. The van der Waals surface area contributed by atoms with Crippen LogP contribution in [-0.2, 0) is 0 Å². The van der Waals surface area contributed by atoms with Crippen LogP contribution in [0.5, 0.6) is 11.5 Å². The fraction of sp³-hybridized carbons (Fsp3) is 0.179. The summed E-state index contributed by atoms with van der Waals surface area (Å²) in [6.07, 6.45) is 1.77. The lowest BCUT2D eigenvalue weighted by atomic mass is 10.0. The summed E-state index contributed by atoms with van der Waals surface area (Å²) in [5, 5.41) is 6.69. The van der Waals surface area contributed by atoms with Crippen LogP contribution in [0.3, 0.4) is 0 Å². The van der Waals surface area contributed by atoms with Gasteiger partial charge in [0.25, 0.3) is 0 Å². The number of hydrogen-bond donors (Lipinski definition) is 3. The van der Waals surface area contributed by atoms with Gasteiger partial charge in [0.15, 0.2) is 17.1 Å². The molecule has 9 nitrogen and oxygen atoms in total. The maximum atomic E-state index is 12.1. The summed E-state index contributed by atoms with van der Waals surface area (Å²) in [5.74, 6) is 1.91. The number of aryl methyl sites for hydroxylation is 3. The van der Waals surface area contributed by atoms with Gasteiger partial charge in [-0.25, -0.2) is 9.78 Å². The first-order valence-electron chi connectivity index (χ1n) is 11.9. The van der Waals surface area contributed by atoms with E-state index in [0.29, 0.717) is 34.4 Å². The largest absolute Gasteiger partial charge is 0.454 e. The Kier molecular flexibility index (Phi) is 5.33. The van der Waals surface area contributed by atoms with Gasteiger partial charge in [0.1, 0.15) is 5.82 Å². The van der Waals surface area contributed by atoms with Crippen LogP contribution >= 0.6 is 0 Å². The van der Waals surface area contributed by atoms with E-state index in [0.717, 1.165) is 28.1 Å². The highest BCUT2D eigenvalue weighted by atomic mass is 16.7. The summed E-state index contributed by atoms with van der Waals surface area (Å²) < 4.78 is 16.4. The smallest absolute Gasteiger partial charge is 0.417 e. The van der Waals surface area contributed by atoms with Crippen LogP contribution in [0.1, 0.15) is 22.3 Å². The third-order valence-corrected chi connectivity index (χ3v) is 6.62. The molecular weight excluding hydrogens is 470 g/mol. The Labute approximate surface area is 212 Å². The zero-order chi connectivity index (χ0) is 25.7. The van der Waals surface area contributed by atoms with Gasteiger partial charge in [-0.3, -0.25) is 4.98 Å². The zero-order valence-corrected chi connectivity index (χ0v) is 20.9. The van der Waals surface area contributed by atoms with E-state index in [2.05, 4.69) is 53.5 Å². The van der Waals surface area contributed by atoms with E-state index in [4.69, 9.17) is 18.9 Å². The Morgan fingerprint density at radius 3 is 2.43 bits per heavy atom. The Morgan fingerprint density at radius 1 is 0.865 bits per heavy atom. The number of H-pyrrole nitrogens is 1. The molecule has 0 aliphatic carbocycles. The molecule has 3 heterocycles. The van der Waals surface area contributed by atoms with Gasteiger partial charge in [-0.2, -0.15) is 4.98 Å². The van der Waals surface area contributed by atoms with Crippen molar-refractivity contribution in [2.75, 3.05) is 17.4 Å². The summed E-state index contributed by atoms with van der Waals surface area (Å²) >= 11 is 0. The second kappa shape index (κ2) is 8.70. The molecule has 0 saturated heterocycles. The Balaban J connectivity index is 1.37. The predicted molar refractivity (Wildman–Crippen MR) is 142 cm³/mol. The molecule has 1 aliphatic heterocycles. The number of hydrogen-bond acceptors (Lipinski definition) is 8. The third kappa shape index (κ3) is 4.24. The molecule has 0 bridgehead atoms. The van der Waals surface area contributed by atoms with Crippen molar-refractivity contribution in [3.63, 3.8) is 0 Å². The van der Waals surface area contributed by atoms with Gasteiger partial charge < -0.3 is 24.5 Å². The Hall–Kier alpha value is -4.79. The van der Waals surface area contributed by atoms with Gasteiger partial charge in [0, 0.05) is 28.7 Å². The fourth-order valence-electron chi connectivity index (χ4n) is 4.41. The molecule has 0 saturated carbocycles. The molecule has 1 aliphatic rings. The van der Waals surface area contributed by atoms with Crippen molar-refractivity contribution >= 4 is 34.2 Å². The van der Waals surface area contributed by atoms with E-state index in [1.54, 1.807) is 6.20 Å². The van der Waals surface area contributed by atoms with Gasteiger partial charge in [-0.15, -0.1) is 0 Å². The highest BCUT2D eigenvalue weighted by Gasteiger charge is 2.18. The minimum absolute atomic E-state index is 0.181. The predicted octanol–water partition coefficient (Wildman–Crippen LogP) is 6.03. The number of aromatic amines is 1. The van der Waals surface area contributed by atoms with Gasteiger partial charge in [-0.05, 0) is 86.3 Å². The monoisotopic (exact) mass is 495 g/mol. The molecule has 37 heavy (non-hydrogen) atoms. The first-order valence-corrected chi connectivity index (χ1v) is 11.9. The summed E-state index contributed by atoms with van der Waals surface area (Å²) in [6.45, 7) is 8.40. The van der Waals surface area contributed by atoms with Gasteiger partial charge in [0.2, 0.25) is 12.7 Å². The lowest BCUT2D eigenvalue weighted by molar-refractivity contribution is 0.174. The van der Waals surface area contributed by atoms with E-state index < -0.39 is 5.76 Å². The summed E-state index contributed by atoms with van der Waals surface area (Å²) in [5.41, 5.74) is 8.78. The molecule has 5 aromatic rings. The third-order valence-electron chi connectivity index (χ3n) is 6.62. The molecule has 186 valence electrons. The minimum atomic E-state index is -0.525. The Bertz CT molecular complexity index is 1710. The number of benzene rings is 3. The number of fused-ring (bicyclic) bond motifs is 2. The summed E-state index contributed by atoms with van der Waals surface area (Å²) in [4.78, 5) is 24.0. The zero-order valence-electron chi connectivity index (χ0n) is 20.9. The highest BCUT2D eigenvalue weighted by molar-refractivity contribution is 5.94. The molecule has 0 radical (unpaired) electrons. The number of aromatic nitrogens is 3. The van der Waals surface area contributed by atoms with Crippen LogP contribution in [0.15, 0.2) is 57.9 Å². The molecule has 9 heteroatoms. The molecule has 0 unspecified atom stereocenters. The van der Waals surface area contributed by atoms with E-state index >= 15 is 0 Å². The second-order valence-corrected chi connectivity index (χ2v) is 9.19. The molecule has 6 rings (SSSR count). The molecular formula is C28H25N5O4. The maximum absolute atomic E-state index is 12.1. The number of nitrogens with zero attached hydrogens (tertiary/aromatic N) is 2. The normalized spacial score (nSPS) is 12.2. The van der Waals surface area contributed by atoms with E-state index in [1.807, 2.05) is 37.3 Å². The topological polar surface area (TPSA) is 114 Å². The lowest BCUT2D eigenvalue weighted by Gasteiger charge is -2.14. The number of nitrogens with one attached hydrogen (secondary N) is 3. The van der Waals surface area contributed by atoms with Crippen LogP contribution < -0.4 is 25.9 Å². The van der Waals surface area contributed by atoms with Crippen LogP contribution in [-0.4, -0.2) is 21.7 Å². The van der Waals surface area contributed by atoms with Crippen molar-refractivity contribution in [3.05, 3.63) is 81.5 Å². The van der Waals surface area contributed by atoms with E-state index in [9.17, 15) is 4.79 Å². The quantitative estimate of drug-likeness (QED) is 0.271.